The highest BCUT2D eigenvalue weighted by atomic mass is 35.5. The van der Waals surface area contributed by atoms with Crippen LogP contribution in [0.1, 0.15) is 43.3 Å². The lowest BCUT2D eigenvalue weighted by Crippen LogP contribution is -2.26. The van der Waals surface area contributed by atoms with E-state index in [4.69, 9.17) is 21.3 Å². The van der Waals surface area contributed by atoms with Crippen LogP contribution in [0.5, 0.6) is 5.75 Å². The van der Waals surface area contributed by atoms with Gasteiger partial charge in [0.25, 0.3) is 0 Å². The van der Waals surface area contributed by atoms with Crippen LogP contribution in [0.15, 0.2) is 36.4 Å². The Bertz CT molecular complexity index is 974. The minimum absolute atomic E-state index is 0.0667. The predicted molar refractivity (Wildman–Crippen MR) is 113 cm³/mol. The molecular weight excluding hydrogens is 374 g/mol. The van der Waals surface area contributed by atoms with Crippen LogP contribution in [0.3, 0.4) is 0 Å². The van der Waals surface area contributed by atoms with Crippen molar-refractivity contribution in [3.05, 3.63) is 58.4 Å². The molecule has 1 N–H and O–H groups in total. The Labute approximate surface area is 170 Å². The third-order valence-electron chi connectivity index (χ3n) is 4.70. The highest BCUT2D eigenvalue weighted by molar-refractivity contribution is 6.32. The van der Waals surface area contributed by atoms with Gasteiger partial charge in [-0.05, 0) is 62.6 Å². The summed E-state index contributed by atoms with van der Waals surface area (Å²) < 4.78 is 8.10. The van der Waals surface area contributed by atoms with Crippen molar-refractivity contribution < 1.29 is 9.53 Å². The number of amides is 1. The minimum Gasteiger partial charge on any atom is -0.494 e. The second-order valence-corrected chi connectivity index (χ2v) is 7.48. The number of hydrogen-bond donors (Lipinski definition) is 1. The number of fused-ring (bicyclic) bond motifs is 1. The summed E-state index contributed by atoms with van der Waals surface area (Å²) in [6, 6.07) is 11.8. The third kappa shape index (κ3) is 4.47. The molecule has 0 aliphatic rings. The van der Waals surface area contributed by atoms with E-state index in [0.29, 0.717) is 6.61 Å². The van der Waals surface area contributed by atoms with Crippen LogP contribution in [0.2, 0.25) is 5.02 Å². The standard InChI is InChI=1S/C22H26ClN3O2/c1-14-12-18(13-15(2)21(14)23)28-11-7-10-26-20-9-6-5-8-19(20)25-22(26)16(3)24-17(4)27/h5-6,8-9,12-13,16H,7,10-11H2,1-4H3,(H,24,27). The number of hydrogen-bond acceptors (Lipinski definition) is 3. The molecule has 5 nitrogen and oxygen atoms in total. The number of carbonyl (C=O) groups excluding carboxylic acids is 1. The monoisotopic (exact) mass is 399 g/mol. The maximum atomic E-state index is 11.5. The smallest absolute Gasteiger partial charge is 0.217 e. The Kier molecular flexibility index (Phi) is 6.25. The SMILES string of the molecule is CC(=O)NC(C)c1nc2ccccc2n1CCCOc1cc(C)c(Cl)c(C)c1. The number of benzene rings is 2. The first kappa shape index (κ1) is 20.2. The van der Waals surface area contributed by atoms with Crippen molar-refractivity contribution in [2.75, 3.05) is 6.61 Å². The van der Waals surface area contributed by atoms with Gasteiger partial charge in [0.2, 0.25) is 5.91 Å². The molecule has 0 fully saturated rings. The Morgan fingerprint density at radius 1 is 1.25 bits per heavy atom. The van der Waals surface area contributed by atoms with Crippen LogP contribution >= 0.6 is 11.6 Å². The lowest BCUT2D eigenvalue weighted by Gasteiger charge is -2.16. The molecular formula is C22H26ClN3O2. The fourth-order valence-corrected chi connectivity index (χ4v) is 3.54. The quantitative estimate of drug-likeness (QED) is 0.570. The Hall–Kier alpha value is -2.53. The summed E-state index contributed by atoms with van der Waals surface area (Å²) in [5, 5.41) is 3.71. The molecule has 0 spiro atoms. The molecule has 148 valence electrons. The van der Waals surface area contributed by atoms with Gasteiger partial charge < -0.3 is 14.6 Å². The number of carbonyl (C=O) groups is 1. The topological polar surface area (TPSA) is 56.2 Å². The molecule has 0 radical (unpaired) electrons. The second kappa shape index (κ2) is 8.65. The number of rotatable bonds is 7. The van der Waals surface area contributed by atoms with Crippen molar-refractivity contribution >= 4 is 28.5 Å². The normalized spacial score (nSPS) is 12.2. The summed E-state index contributed by atoms with van der Waals surface area (Å²) in [5.74, 6) is 1.62. The van der Waals surface area contributed by atoms with Crippen molar-refractivity contribution in [3.8, 4) is 5.75 Å². The van der Waals surface area contributed by atoms with Gasteiger partial charge in [0.15, 0.2) is 0 Å². The van der Waals surface area contributed by atoms with E-state index in [9.17, 15) is 4.79 Å². The molecule has 0 saturated carbocycles. The van der Waals surface area contributed by atoms with Crippen molar-refractivity contribution in [2.45, 2.75) is 46.7 Å². The summed E-state index contributed by atoms with van der Waals surface area (Å²) in [6.45, 7) is 8.78. The number of aryl methyl sites for hydroxylation is 3. The number of imidazole rings is 1. The Morgan fingerprint density at radius 3 is 2.61 bits per heavy atom. The molecule has 3 aromatic rings. The van der Waals surface area contributed by atoms with E-state index >= 15 is 0 Å². The van der Waals surface area contributed by atoms with Gasteiger partial charge >= 0.3 is 0 Å². The van der Waals surface area contributed by atoms with E-state index in [0.717, 1.165) is 51.7 Å². The van der Waals surface area contributed by atoms with Crippen LogP contribution in [-0.2, 0) is 11.3 Å². The Morgan fingerprint density at radius 2 is 1.93 bits per heavy atom. The van der Waals surface area contributed by atoms with Gasteiger partial charge in [-0.2, -0.15) is 0 Å². The predicted octanol–water partition coefficient (Wildman–Crippen LogP) is 4.97. The zero-order chi connectivity index (χ0) is 20.3. The van der Waals surface area contributed by atoms with Crippen molar-refractivity contribution in [1.82, 2.24) is 14.9 Å². The van der Waals surface area contributed by atoms with Crippen LogP contribution in [-0.4, -0.2) is 22.1 Å². The number of para-hydroxylation sites is 2. The summed E-state index contributed by atoms with van der Waals surface area (Å²) in [4.78, 5) is 16.2. The van der Waals surface area contributed by atoms with E-state index < -0.39 is 0 Å². The van der Waals surface area contributed by atoms with E-state index in [-0.39, 0.29) is 11.9 Å². The molecule has 0 bridgehead atoms. The molecule has 1 aromatic heterocycles. The zero-order valence-electron chi connectivity index (χ0n) is 16.8. The highest BCUT2D eigenvalue weighted by Gasteiger charge is 2.17. The molecule has 1 atom stereocenters. The zero-order valence-corrected chi connectivity index (χ0v) is 17.5. The lowest BCUT2D eigenvalue weighted by molar-refractivity contribution is -0.119. The fourth-order valence-electron chi connectivity index (χ4n) is 3.43. The van der Waals surface area contributed by atoms with Crippen molar-refractivity contribution in [2.24, 2.45) is 0 Å². The third-order valence-corrected chi connectivity index (χ3v) is 5.29. The average molecular weight is 400 g/mol. The van der Waals surface area contributed by atoms with E-state index in [2.05, 4.69) is 16.0 Å². The van der Waals surface area contributed by atoms with Gasteiger partial charge in [-0.25, -0.2) is 4.98 Å². The highest BCUT2D eigenvalue weighted by Crippen LogP contribution is 2.26. The maximum absolute atomic E-state index is 11.5. The molecule has 1 unspecified atom stereocenters. The van der Waals surface area contributed by atoms with Crippen LogP contribution in [0.25, 0.3) is 11.0 Å². The molecule has 0 saturated heterocycles. The summed E-state index contributed by atoms with van der Waals surface area (Å²) >= 11 is 6.22. The van der Waals surface area contributed by atoms with Gasteiger partial charge in [0.05, 0.1) is 23.7 Å². The molecule has 2 aromatic carbocycles. The van der Waals surface area contributed by atoms with E-state index in [1.807, 2.05) is 51.1 Å². The first-order valence-corrected chi connectivity index (χ1v) is 9.86. The van der Waals surface area contributed by atoms with Crippen molar-refractivity contribution in [3.63, 3.8) is 0 Å². The van der Waals surface area contributed by atoms with E-state index in [1.54, 1.807) is 0 Å². The molecule has 3 rings (SSSR count). The largest absolute Gasteiger partial charge is 0.494 e. The van der Waals surface area contributed by atoms with Gasteiger partial charge in [-0.3, -0.25) is 4.79 Å². The number of halogens is 1. The first-order chi connectivity index (χ1) is 13.4. The fraction of sp³-hybridized carbons (Fsp3) is 0.364. The number of ether oxygens (including phenoxy) is 1. The number of nitrogens with zero attached hydrogens (tertiary/aromatic N) is 2. The molecule has 0 aliphatic carbocycles. The average Bonchev–Trinajstić information content (AvgIpc) is 3.01. The number of aromatic nitrogens is 2. The van der Waals surface area contributed by atoms with Crippen molar-refractivity contribution in [1.29, 1.82) is 0 Å². The Balaban J connectivity index is 1.72. The summed E-state index contributed by atoms with van der Waals surface area (Å²) in [5.41, 5.74) is 4.03. The van der Waals surface area contributed by atoms with Crippen LogP contribution in [0.4, 0.5) is 0 Å². The van der Waals surface area contributed by atoms with Gasteiger partial charge in [-0.15, -0.1) is 0 Å². The first-order valence-electron chi connectivity index (χ1n) is 9.48. The molecule has 0 aliphatic heterocycles. The number of nitrogens with one attached hydrogen (secondary N) is 1. The van der Waals surface area contributed by atoms with Crippen LogP contribution < -0.4 is 10.1 Å². The van der Waals surface area contributed by atoms with Gasteiger partial charge in [-0.1, -0.05) is 23.7 Å². The molecule has 1 heterocycles. The van der Waals surface area contributed by atoms with Gasteiger partial charge in [0.1, 0.15) is 11.6 Å². The maximum Gasteiger partial charge on any atom is 0.217 e. The molecule has 6 heteroatoms. The lowest BCUT2D eigenvalue weighted by atomic mass is 10.1. The van der Waals surface area contributed by atoms with E-state index in [1.165, 1.54) is 6.92 Å². The molecule has 1 amide bonds. The van der Waals surface area contributed by atoms with Crippen LogP contribution in [0, 0.1) is 13.8 Å². The summed E-state index contributed by atoms with van der Waals surface area (Å²) in [6.07, 6.45) is 0.820. The molecule has 28 heavy (non-hydrogen) atoms. The second-order valence-electron chi connectivity index (χ2n) is 7.11. The summed E-state index contributed by atoms with van der Waals surface area (Å²) in [7, 11) is 0. The van der Waals surface area contributed by atoms with Gasteiger partial charge in [0, 0.05) is 18.5 Å². The minimum atomic E-state index is -0.160.